The lowest BCUT2D eigenvalue weighted by Gasteiger charge is -2.22. The molecule has 158 valence electrons. The van der Waals surface area contributed by atoms with Gasteiger partial charge in [0.1, 0.15) is 12.3 Å². The number of para-hydroxylation sites is 1. The summed E-state index contributed by atoms with van der Waals surface area (Å²) in [5.41, 5.74) is 1.49. The zero-order chi connectivity index (χ0) is 21.3. The highest BCUT2D eigenvalue weighted by Crippen LogP contribution is 2.21. The number of halogens is 1. The number of nitrogens with zero attached hydrogens (tertiary/aromatic N) is 1. The van der Waals surface area contributed by atoms with Crippen LogP contribution in [0.2, 0.25) is 5.02 Å². The Morgan fingerprint density at radius 2 is 1.83 bits per heavy atom. The van der Waals surface area contributed by atoms with Gasteiger partial charge in [-0.3, -0.25) is 9.10 Å². The van der Waals surface area contributed by atoms with E-state index < -0.39 is 10.0 Å². The van der Waals surface area contributed by atoms with Crippen LogP contribution < -0.4 is 14.4 Å². The number of hydrogen-bond acceptors (Lipinski definition) is 4. The van der Waals surface area contributed by atoms with Gasteiger partial charge >= 0.3 is 0 Å². The van der Waals surface area contributed by atoms with Crippen LogP contribution in [0, 0.1) is 0 Å². The Morgan fingerprint density at radius 3 is 2.48 bits per heavy atom. The van der Waals surface area contributed by atoms with Crippen LogP contribution in [0.25, 0.3) is 0 Å². The third kappa shape index (κ3) is 7.59. The van der Waals surface area contributed by atoms with Gasteiger partial charge in [0, 0.05) is 11.6 Å². The van der Waals surface area contributed by atoms with Crippen molar-refractivity contribution in [1.29, 1.82) is 0 Å². The number of anilines is 1. The number of hydrogen-bond donors (Lipinski definition) is 1. The number of carbonyl (C=O) groups is 1. The molecule has 0 saturated heterocycles. The van der Waals surface area contributed by atoms with Crippen LogP contribution in [-0.4, -0.2) is 40.3 Å². The highest BCUT2D eigenvalue weighted by atomic mass is 35.5. The number of nitrogens with one attached hydrogen (secondary N) is 1. The first-order valence-corrected chi connectivity index (χ1v) is 11.7. The van der Waals surface area contributed by atoms with Crippen molar-refractivity contribution < 1.29 is 17.9 Å². The van der Waals surface area contributed by atoms with Gasteiger partial charge in [0.2, 0.25) is 15.9 Å². The normalized spacial score (nSPS) is 11.1. The van der Waals surface area contributed by atoms with Gasteiger partial charge in [-0.05, 0) is 55.2 Å². The first kappa shape index (κ1) is 23.0. The molecule has 0 aliphatic heterocycles. The second-order valence-electron chi connectivity index (χ2n) is 6.66. The van der Waals surface area contributed by atoms with Crippen LogP contribution in [0.4, 0.5) is 5.69 Å². The lowest BCUT2D eigenvalue weighted by molar-refractivity contribution is -0.119. The maximum absolute atomic E-state index is 12.3. The molecule has 0 unspecified atom stereocenters. The molecule has 0 fully saturated rings. The molecule has 6 nitrogen and oxygen atoms in total. The fourth-order valence-electron chi connectivity index (χ4n) is 2.76. The molecule has 2 rings (SSSR count). The third-order valence-electron chi connectivity index (χ3n) is 4.18. The minimum absolute atomic E-state index is 0.281. The van der Waals surface area contributed by atoms with Gasteiger partial charge in [-0.2, -0.15) is 0 Å². The van der Waals surface area contributed by atoms with Crippen LogP contribution >= 0.6 is 11.6 Å². The standard InChI is InChI=1S/C21H27ClN2O4S/c1-3-15-28-20-9-5-4-7-17(20)8-6-14-23-21(25)16-24(29(2,26)27)19-12-10-18(22)11-13-19/h4-5,7,9-13H,3,6,8,14-16H2,1-2H3,(H,23,25). The van der Waals surface area contributed by atoms with Crippen LogP contribution in [0.3, 0.4) is 0 Å². The van der Waals surface area contributed by atoms with Crippen LogP contribution in [-0.2, 0) is 21.2 Å². The van der Waals surface area contributed by atoms with Gasteiger partial charge in [0.15, 0.2) is 0 Å². The van der Waals surface area contributed by atoms with E-state index in [9.17, 15) is 13.2 Å². The smallest absolute Gasteiger partial charge is 0.240 e. The van der Waals surface area contributed by atoms with E-state index in [4.69, 9.17) is 16.3 Å². The van der Waals surface area contributed by atoms with Crippen LogP contribution in [0.5, 0.6) is 5.75 Å². The van der Waals surface area contributed by atoms with Crippen molar-refractivity contribution in [1.82, 2.24) is 5.32 Å². The Bertz CT molecular complexity index is 901. The lowest BCUT2D eigenvalue weighted by Crippen LogP contribution is -2.40. The van der Waals surface area contributed by atoms with Gasteiger partial charge in [-0.1, -0.05) is 36.7 Å². The summed E-state index contributed by atoms with van der Waals surface area (Å²) in [6.07, 6.45) is 3.49. The van der Waals surface area contributed by atoms with Crippen molar-refractivity contribution in [2.24, 2.45) is 0 Å². The predicted molar refractivity (Wildman–Crippen MR) is 117 cm³/mol. The van der Waals surface area contributed by atoms with Crippen molar-refractivity contribution in [2.45, 2.75) is 26.2 Å². The van der Waals surface area contributed by atoms with Gasteiger partial charge in [0.05, 0.1) is 18.6 Å². The number of benzene rings is 2. The van der Waals surface area contributed by atoms with Crippen molar-refractivity contribution >= 4 is 33.2 Å². The zero-order valence-corrected chi connectivity index (χ0v) is 18.3. The second-order valence-corrected chi connectivity index (χ2v) is 9.00. The summed E-state index contributed by atoms with van der Waals surface area (Å²) >= 11 is 5.85. The molecule has 0 atom stereocenters. The highest BCUT2D eigenvalue weighted by Gasteiger charge is 2.20. The third-order valence-corrected chi connectivity index (χ3v) is 5.57. The average molecular weight is 439 g/mol. The van der Waals surface area contributed by atoms with E-state index in [-0.39, 0.29) is 12.5 Å². The van der Waals surface area contributed by atoms with E-state index in [1.807, 2.05) is 24.3 Å². The molecule has 0 aromatic heterocycles. The van der Waals surface area contributed by atoms with Crippen molar-refractivity contribution in [3.63, 3.8) is 0 Å². The minimum atomic E-state index is -3.60. The summed E-state index contributed by atoms with van der Waals surface area (Å²) in [5.74, 6) is 0.507. The molecular weight excluding hydrogens is 412 g/mol. The Kier molecular flexibility index (Phi) is 8.79. The predicted octanol–water partition coefficient (Wildman–Crippen LogP) is 3.64. The maximum atomic E-state index is 12.3. The van der Waals surface area contributed by atoms with E-state index >= 15 is 0 Å². The SMILES string of the molecule is CCCOc1ccccc1CCCNC(=O)CN(c1ccc(Cl)cc1)S(C)(=O)=O. The molecule has 1 amide bonds. The molecule has 0 aliphatic carbocycles. The monoisotopic (exact) mass is 438 g/mol. The topological polar surface area (TPSA) is 75.7 Å². The van der Waals surface area contributed by atoms with Crippen molar-refractivity contribution in [2.75, 3.05) is 30.3 Å². The summed E-state index contributed by atoms with van der Waals surface area (Å²) in [7, 11) is -3.60. The largest absolute Gasteiger partial charge is 0.493 e. The fraction of sp³-hybridized carbons (Fsp3) is 0.381. The van der Waals surface area contributed by atoms with Crippen molar-refractivity contribution in [3.8, 4) is 5.75 Å². The number of carbonyl (C=O) groups excluding carboxylic acids is 1. The highest BCUT2D eigenvalue weighted by molar-refractivity contribution is 7.92. The van der Waals surface area contributed by atoms with Gasteiger partial charge in [0.25, 0.3) is 0 Å². The molecule has 0 radical (unpaired) electrons. The number of sulfonamides is 1. The first-order valence-electron chi connectivity index (χ1n) is 9.52. The molecule has 0 bridgehead atoms. The Labute approximate surface area is 177 Å². The summed E-state index contributed by atoms with van der Waals surface area (Å²) < 4.78 is 31.0. The molecule has 0 aliphatic rings. The molecule has 1 N–H and O–H groups in total. The van der Waals surface area contributed by atoms with E-state index in [0.29, 0.717) is 23.9 Å². The van der Waals surface area contributed by atoms with Gasteiger partial charge < -0.3 is 10.1 Å². The number of ether oxygens (including phenoxy) is 1. The Hall–Kier alpha value is -2.25. The summed E-state index contributed by atoms with van der Waals surface area (Å²) in [6.45, 7) is 2.89. The summed E-state index contributed by atoms with van der Waals surface area (Å²) in [6, 6.07) is 14.2. The molecule has 0 spiro atoms. The molecule has 8 heteroatoms. The Morgan fingerprint density at radius 1 is 1.14 bits per heavy atom. The molecule has 2 aromatic carbocycles. The molecule has 2 aromatic rings. The van der Waals surface area contributed by atoms with Gasteiger partial charge in [-0.25, -0.2) is 8.42 Å². The van der Waals surface area contributed by atoms with Crippen molar-refractivity contribution in [3.05, 3.63) is 59.1 Å². The number of rotatable bonds is 11. The van der Waals surface area contributed by atoms with E-state index in [0.717, 1.165) is 41.1 Å². The Balaban J connectivity index is 1.88. The molecule has 0 saturated carbocycles. The number of aryl methyl sites for hydroxylation is 1. The second kappa shape index (κ2) is 11.1. The first-order chi connectivity index (χ1) is 13.8. The quantitative estimate of drug-likeness (QED) is 0.543. The molecular formula is C21H27ClN2O4S. The van der Waals surface area contributed by atoms with Crippen LogP contribution in [0.1, 0.15) is 25.3 Å². The van der Waals surface area contributed by atoms with Gasteiger partial charge in [-0.15, -0.1) is 0 Å². The van der Waals surface area contributed by atoms with E-state index in [1.54, 1.807) is 24.3 Å². The molecule has 0 heterocycles. The average Bonchev–Trinajstić information content (AvgIpc) is 2.68. The summed E-state index contributed by atoms with van der Waals surface area (Å²) in [5, 5.41) is 3.28. The lowest BCUT2D eigenvalue weighted by atomic mass is 10.1. The van der Waals surface area contributed by atoms with Crippen LogP contribution in [0.15, 0.2) is 48.5 Å². The molecule has 29 heavy (non-hydrogen) atoms. The fourth-order valence-corrected chi connectivity index (χ4v) is 3.75. The number of amides is 1. The minimum Gasteiger partial charge on any atom is -0.493 e. The summed E-state index contributed by atoms with van der Waals surface area (Å²) in [4.78, 5) is 12.3. The zero-order valence-electron chi connectivity index (χ0n) is 16.7. The van der Waals surface area contributed by atoms with E-state index in [1.165, 1.54) is 0 Å². The van der Waals surface area contributed by atoms with E-state index in [2.05, 4.69) is 12.2 Å². The maximum Gasteiger partial charge on any atom is 0.240 e.